The van der Waals surface area contributed by atoms with Crippen LogP contribution in [-0.4, -0.2) is 56.6 Å². The summed E-state index contributed by atoms with van der Waals surface area (Å²) in [6.45, 7) is 5.14. The number of sulfonamides is 1. The lowest BCUT2D eigenvalue weighted by atomic mass is 9.90. The highest BCUT2D eigenvalue weighted by atomic mass is 32.2. The summed E-state index contributed by atoms with van der Waals surface area (Å²) < 4.78 is 38.0. The molecule has 4 heterocycles. The van der Waals surface area contributed by atoms with Crippen LogP contribution in [0.3, 0.4) is 0 Å². The summed E-state index contributed by atoms with van der Waals surface area (Å²) in [6, 6.07) is 8.87. The van der Waals surface area contributed by atoms with Crippen LogP contribution >= 0.6 is 11.3 Å². The number of primary sulfonamides is 1. The van der Waals surface area contributed by atoms with E-state index in [1.54, 1.807) is 18.3 Å². The van der Waals surface area contributed by atoms with Gasteiger partial charge in [-0.05, 0) is 67.3 Å². The van der Waals surface area contributed by atoms with Crippen LogP contribution in [0.15, 0.2) is 41.4 Å². The number of nitrogens with two attached hydrogens (primary N) is 2. The predicted octanol–water partition coefficient (Wildman–Crippen LogP) is 3.81. The molecule has 11 heteroatoms. The molecule has 1 unspecified atom stereocenters. The molecule has 39 heavy (non-hydrogen) atoms. The van der Waals surface area contributed by atoms with Gasteiger partial charge in [-0.25, -0.2) is 18.5 Å². The molecule has 1 aromatic carbocycles. The summed E-state index contributed by atoms with van der Waals surface area (Å²) in [5, 5.41) is 6.52. The highest BCUT2D eigenvalue weighted by Crippen LogP contribution is 2.36. The third kappa shape index (κ3) is 6.60. The van der Waals surface area contributed by atoms with Gasteiger partial charge >= 0.3 is 0 Å². The second kappa shape index (κ2) is 11.9. The van der Waals surface area contributed by atoms with Crippen LogP contribution in [0.25, 0.3) is 10.1 Å². The van der Waals surface area contributed by atoms with Crippen LogP contribution in [-0.2, 0) is 37.3 Å². The van der Waals surface area contributed by atoms with Gasteiger partial charge in [-0.1, -0.05) is 19.1 Å². The van der Waals surface area contributed by atoms with Crippen molar-refractivity contribution in [3.05, 3.63) is 52.5 Å². The quantitative estimate of drug-likeness (QED) is 0.419. The number of benzene rings is 1. The van der Waals surface area contributed by atoms with Gasteiger partial charge in [0.2, 0.25) is 15.9 Å². The summed E-state index contributed by atoms with van der Waals surface area (Å²) >= 11 is 1.54. The largest absolute Gasteiger partial charge is 0.383 e. The molecule has 9 nitrogen and oxygen atoms in total. The molecule has 1 atom stereocenters. The van der Waals surface area contributed by atoms with E-state index in [2.05, 4.69) is 11.9 Å². The molecule has 0 spiro atoms. The minimum atomic E-state index is -4.08. The summed E-state index contributed by atoms with van der Waals surface area (Å²) in [5.74, 6) is 0.173. The second-order valence-electron chi connectivity index (χ2n) is 10.6. The van der Waals surface area contributed by atoms with E-state index >= 15 is 0 Å². The van der Waals surface area contributed by atoms with Crippen molar-refractivity contribution in [2.45, 2.75) is 62.6 Å². The normalized spacial score (nSPS) is 18.5. The van der Waals surface area contributed by atoms with E-state index in [1.165, 1.54) is 17.4 Å². The number of nitrogens with zero attached hydrogens (tertiary/aromatic N) is 2. The summed E-state index contributed by atoms with van der Waals surface area (Å²) in [7, 11) is -4.08. The summed E-state index contributed by atoms with van der Waals surface area (Å²) in [6.07, 6.45) is 5.56. The zero-order valence-electron chi connectivity index (χ0n) is 22.2. The molecule has 2 aliphatic heterocycles. The van der Waals surface area contributed by atoms with Crippen molar-refractivity contribution < 1.29 is 22.7 Å². The van der Waals surface area contributed by atoms with E-state index in [-0.39, 0.29) is 16.9 Å². The van der Waals surface area contributed by atoms with E-state index < -0.39 is 15.9 Å². The Morgan fingerprint density at radius 3 is 2.62 bits per heavy atom. The molecule has 4 N–H and O–H groups in total. The number of carbonyl (C=O) groups is 1. The van der Waals surface area contributed by atoms with Crippen molar-refractivity contribution >= 4 is 43.2 Å². The van der Waals surface area contributed by atoms with Gasteiger partial charge in [0.15, 0.2) is 0 Å². The van der Waals surface area contributed by atoms with Crippen molar-refractivity contribution in [2.24, 2.45) is 11.1 Å². The fourth-order valence-electron chi connectivity index (χ4n) is 5.39. The molecule has 2 saturated heterocycles. The number of thiophene rings is 1. The number of amides is 1. The Labute approximate surface area is 233 Å². The Balaban J connectivity index is 1.52. The minimum Gasteiger partial charge on any atom is -0.383 e. The maximum absolute atomic E-state index is 14.1. The van der Waals surface area contributed by atoms with Crippen LogP contribution < -0.4 is 10.9 Å². The van der Waals surface area contributed by atoms with Gasteiger partial charge in [0.25, 0.3) is 0 Å². The lowest BCUT2D eigenvalue weighted by Gasteiger charge is -2.33. The van der Waals surface area contributed by atoms with E-state index in [9.17, 15) is 13.2 Å². The average molecular weight is 573 g/mol. The molecule has 2 aromatic heterocycles. The fourth-order valence-corrected chi connectivity index (χ4v) is 7.29. The van der Waals surface area contributed by atoms with E-state index in [0.717, 1.165) is 46.2 Å². The highest BCUT2D eigenvalue weighted by Gasteiger charge is 2.33. The van der Waals surface area contributed by atoms with Gasteiger partial charge in [0.05, 0.1) is 23.5 Å². The third-order valence-corrected chi connectivity index (χ3v) is 9.84. The number of carbonyl (C=O) groups excluding carboxylic acids is 1. The van der Waals surface area contributed by atoms with Gasteiger partial charge in [-0.2, -0.15) is 0 Å². The molecule has 0 radical (unpaired) electrons. The van der Waals surface area contributed by atoms with Crippen molar-refractivity contribution in [1.29, 1.82) is 0 Å². The number of anilines is 1. The van der Waals surface area contributed by atoms with Crippen LogP contribution in [0.1, 0.15) is 54.5 Å². The Morgan fingerprint density at radius 1 is 1.18 bits per heavy atom. The van der Waals surface area contributed by atoms with Gasteiger partial charge in [0, 0.05) is 47.5 Å². The standard InChI is InChI=1S/C28H36N4O5S2/c1-18-5-10-32(11-6-18)28(33)23(15-21-16-24-25(38-21)4-9-31-27(24)29)22-14-19(2-3-26(22)39(30,34)35)17-37-20-7-12-36-13-8-20/h2-4,9,14,16,18,20,23H,5-8,10-13,15,17H2,1H3,(H2,29,31)(H2,30,34,35). The van der Waals surface area contributed by atoms with Crippen molar-refractivity contribution in [2.75, 3.05) is 32.0 Å². The average Bonchev–Trinajstić information content (AvgIpc) is 3.35. The van der Waals surface area contributed by atoms with Gasteiger partial charge in [-0.15, -0.1) is 11.3 Å². The predicted molar refractivity (Wildman–Crippen MR) is 152 cm³/mol. The lowest BCUT2D eigenvalue weighted by molar-refractivity contribution is -0.134. The number of rotatable bonds is 8. The molecule has 3 aromatic rings. The van der Waals surface area contributed by atoms with Crippen LogP contribution in [0, 0.1) is 5.92 Å². The van der Waals surface area contributed by atoms with Crippen LogP contribution in [0.2, 0.25) is 0 Å². The molecular weight excluding hydrogens is 536 g/mol. The fraction of sp³-hybridized carbons (Fsp3) is 0.500. The number of pyridine rings is 1. The van der Waals surface area contributed by atoms with E-state index in [4.69, 9.17) is 20.3 Å². The van der Waals surface area contributed by atoms with E-state index in [1.807, 2.05) is 17.0 Å². The number of hydrogen-bond acceptors (Lipinski definition) is 8. The number of likely N-dealkylation sites (tertiary alicyclic amines) is 1. The zero-order valence-corrected chi connectivity index (χ0v) is 23.8. The zero-order chi connectivity index (χ0) is 27.6. The maximum Gasteiger partial charge on any atom is 0.238 e. The first-order valence-corrected chi connectivity index (χ1v) is 15.8. The summed E-state index contributed by atoms with van der Waals surface area (Å²) in [5.41, 5.74) is 7.32. The van der Waals surface area contributed by atoms with Crippen molar-refractivity contribution in [1.82, 2.24) is 9.88 Å². The molecule has 5 rings (SSSR count). The second-order valence-corrected chi connectivity index (χ2v) is 13.3. The van der Waals surface area contributed by atoms with Crippen molar-refractivity contribution in [3.63, 3.8) is 0 Å². The number of fused-ring (bicyclic) bond motifs is 1. The number of piperidine rings is 1. The number of hydrogen-bond donors (Lipinski definition) is 2. The Hall–Kier alpha value is -2.57. The Bertz CT molecular complexity index is 1430. The molecule has 1 amide bonds. The lowest BCUT2D eigenvalue weighted by Crippen LogP contribution is -2.41. The number of ether oxygens (including phenoxy) is 2. The third-order valence-electron chi connectivity index (χ3n) is 7.74. The van der Waals surface area contributed by atoms with Gasteiger partial charge in [0.1, 0.15) is 5.82 Å². The minimum absolute atomic E-state index is 0.0247. The molecule has 0 saturated carbocycles. The highest BCUT2D eigenvalue weighted by molar-refractivity contribution is 7.89. The molecule has 0 bridgehead atoms. The molecular formula is C28H36N4O5S2. The SMILES string of the molecule is CC1CCN(C(=O)C(Cc2cc3c(N)nccc3s2)c2cc(COC3CCOCC3)ccc2S(N)(=O)=O)CC1. The first kappa shape index (κ1) is 28.0. The number of aromatic nitrogens is 1. The molecule has 2 fully saturated rings. The summed E-state index contributed by atoms with van der Waals surface area (Å²) in [4.78, 5) is 21.1. The first-order valence-electron chi connectivity index (χ1n) is 13.5. The number of nitrogen functional groups attached to an aromatic ring is 1. The monoisotopic (exact) mass is 572 g/mol. The van der Waals surface area contributed by atoms with Crippen LogP contribution in [0.4, 0.5) is 5.82 Å². The molecule has 0 aliphatic carbocycles. The van der Waals surface area contributed by atoms with E-state index in [0.29, 0.717) is 56.6 Å². The Kier molecular flexibility index (Phi) is 8.53. The van der Waals surface area contributed by atoms with Crippen molar-refractivity contribution in [3.8, 4) is 0 Å². The van der Waals surface area contributed by atoms with Gasteiger partial charge < -0.3 is 20.1 Å². The maximum atomic E-state index is 14.1. The molecule has 210 valence electrons. The Morgan fingerprint density at radius 2 is 1.92 bits per heavy atom. The smallest absolute Gasteiger partial charge is 0.238 e. The first-order chi connectivity index (χ1) is 18.7. The topological polar surface area (TPSA) is 138 Å². The molecule has 2 aliphatic rings. The van der Waals surface area contributed by atoms with Crippen LogP contribution in [0.5, 0.6) is 0 Å². The van der Waals surface area contributed by atoms with Gasteiger partial charge in [-0.3, -0.25) is 4.79 Å².